The first kappa shape index (κ1) is 18.7. The molecule has 0 unspecified atom stereocenters. The van der Waals surface area contributed by atoms with Gasteiger partial charge in [-0.15, -0.1) is 11.3 Å². The molecular weight excluding hydrogens is 422 g/mol. The Morgan fingerprint density at radius 1 is 0.967 bits per heavy atom. The Labute approximate surface area is 180 Å². The zero-order valence-electron chi connectivity index (χ0n) is 15.5. The van der Waals surface area contributed by atoms with E-state index in [1.165, 1.54) is 11.3 Å². The van der Waals surface area contributed by atoms with E-state index in [9.17, 15) is 9.59 Å². The molecule has 1 amide bonds. The van der Waals surface area contributed by atoms with Crippen molar-refractivity contribution in [1.82, 2.24) is 0 Å². The van der Waals surface area contributed by atoms with Crippen LogP contribution in [0.4, 0.5) is 5.00 Å². The molecule has 148 valence electrons. The fourth-order valence-corrected chi connectivity index (χ4v) is 4.68. The van der Waals surface area contributed by atoms with Gasteiger partial charge >= 0.3 is 0 Å². The number of hydrogen-bond acceptors (Lipinski definition) is 5. The highest BCUT2D eigenvalue weighted by atomic mass is 35.5. The summed E-state index contributed by atoms with van der Waals surface area (Å²) in [7, 11) is 0. The predicted molar refractivity (Wildman–Crippen MR) is 119 cm³/mol. The molecule has 0 spiro atoms. The number of benzene rings is 3. The molecule has 5 rings (SSSR count). The van der Waals surface area contributed by atoms with Crippen LogP contribution in [0.15, 0.2) is 71.5 Å². The molecule has 0 saturated heterocycles. The molecule has 1 aliphatic rings. The van der Waals surface area contributed by atoms with E-state index >= 15 is 0 Å². The topological polar surface area (TPSA) is 64.6 Å². The van der Waals surface area contributed by atoms with Gasteiger partial charge in [-0.3, -0.25) is 9.59 Å². The maximum absolute atomic E-state index is 13.4. The Balaban J connectivity index is 1.69. The SMILES string of the molecule is O=C(Nc1sc2ccccc2c(=O)c1-c1ccc2c(c1)OCO2)c1ccccc1Cl. The second kappa shape index (κ2) is 7.48. The van der Waals surface area contributed by atoms with Crippen molar-refractivity contribution in [1.29, 1.82) is 0 Å². The second-order valence-electron chi connectivity index (χ2n) is 6.63. The van der Waals surface area contributed by atoms with Crippen molar-refractivity contribution < 1.29 is 14.3 Å². The second-order valence-corrected chi connectivity index (χ2v) is 8.09. The first-order chi connectivity index (χ1) is 14.6. The minimum atomic E-state index is -0.381. The van der Waals surface area contributed by atoms with E-state index in [0.29, 0.717) is 43.6 Å². The molecular formula is C23H14ClNO4S. The predicted octanol–water partition coefficient (Wildman–Crippen LogP) is 5.56. The van der Waals surface area contributed by atoms with E-state index in [0.717, 1.165) is 4.70 Å². The van der Waals surface area contributed by atoms with Crippen molar-refractivity contribution in [2.45, 2.75) is 0 Å². The molecule has 5 nitrogen and oxygen atoms in total. The number of carbonyl (C=O) groups excluding carboxylic acids is 1. The Hall–Kier alpha value is -3.35. The number of nitrogens with one attached hydrogen (secondary N) is 1. The third kappa shape index (κ3) is 3.20. The molecule has 30 heavy (non-hydrogen) atoms. The monoisotopic (exact) mass is 435 g/mol. The maximum Gasteiger partial charge on any atom is 0.257 e. The Morgan fingerprint density at radius 2 is 1.73 bits per heavy atom. The fourth-order valence-electron chi connectivity index (χ4n) is 3.36. The third-order valence-corrected chi connectivity index (χ3v) is 6.22. The average Bonchev–Trinajstić information content (AvgIpc) is 3.22. The van der Waals surface area contributed by atoms with E-state index in [2.05, 4.69) is 5.32 Å². The molecule has 0 atom stereocenters. The van der Waals surface area contributed by atoms with E-state index in [4.69, 9.17) is 21.1 Å². The van der Waals surface area contributed by atoms with E-state index in [1.807, 2.05) is 18.2 Å². The van der Waals surface area contributed by atoms with Crippen LogP contribution in [0.5, 0.6) is 11.5 Å². The zero-order valence-corrected chi connectivity index (χ0v) is 17.0. The third-order valence-electron chi connectivity index (χ3n) is 4.80. The molecule has 1 aromatic heterocycles. The van der Waals surface area contributed by atoms with Gasteiger partial charge in [0.2, 0.25) is 6.79 Å². The van der Waals surface area contributed by atoms with Crippen molar-refractivity contribution in [3.63, 3.8) is 0 Å². The Bertz CT molecular complexity index is 1370. The lowest BCUT2D eigenvalue weighted by atomic mass is 10.0. The summed E-state index contributed by atoms with van der Waals surface area (Å²) in [6.07, 6.45) is 0. The van der Waals surface area contributed by atoms with Gasteiger partial charge in [0.1, 0.15) is 5.00 Å². The molecule has 0 radical (unpaired) electrons. The van der Waals surface area contributed by atoms with Crippen LogP contribution in [-0.2, 0) is 0 Å². The molecule has 0 fully saturated rings. The molecule has 1 N–H and O–H groups in total. The van der Waals surface area contributed by atoms with E-state index in [-0.39, 0.29) is 18.1 Å². The molecule has 0 bridgehead atoms. The molecule has 2 heterocycles. The van der Waals surface area contributed by atoms with Crippen LogP contribution in [0.3, 0.4) is 0 Å². The van der Waals surface area contributed by atoms with Gasteiger partial charge in [-0.2, -0.15) is 0 Å². The first-order valence-corrected chi connectivity index (χ1v) is 10.3. The molecule has 0 aliphatic carbocycles. The van der Waals surface area contributed by atoms with Crippen LogP contribution in [-0.4, -0.2) is 12.7 Å². The van der Waals surface area contributed by atoms with E-state index < -0.39 is 0 Å². The average molecular weight is 436 g/mol. The summed E-state index contributed by atoms with van der Waals surface area (Å²) in [5.41, 5.74) is 1.21. The van der Waals surface area contributed by atoms with Gasteiger partial charge in [-0.25, -0.2) is 0 Å². The smallest absolute Gasteiger partial charge is 0.257 e. The van der Waals surface area contributed by atoms with Gasteiger partial charge in [0.05, 0.1) is 16.1 Å². The summed E-state index contributed by atoms with van der Waals surface area (Å²) in [4.78, 5) is 26.3. The lowest BCUT2D eigenvalue weighted by Gasteiger charge is -2.13. The van der Waals surface area contributed by atoms with Gasteiger partial charge in [0.15, 0.2) is 16.9 Å². The lowest BCUT2D eigenvalue weighted by molar-refractivity contribution is 0.102. The van der Waals surface area contributed by atoms with Crippen molar-refractivity contribution in [2.24, 2.45) is 0 Å². The summed E-state index contributed by atoms with van der Waals surface area (Å²) >= 11 is 7.52. The van der Waals surface area contributed by atoms with Gasteiger partial charge in [0.25, 0.3) is 5.91 Å². The highest BCUT2D eigenvalue weighted by molar-refractivity contribution is 7.22. The normalized spacial score (nSPS) is 12.2. The van der Waals surface area contributed by atoms with Crippen molar-refractivity contribution >= 4 is 43.9 Å². The van der Waals surface area contributed by atoms with Gasteiger partial charge in [-0.1, -0.05) is 41.9 Å². The number of anilines is 1. The first-order valence-electron chi connectivity index (χ1n) is 9.13. The van der Waals surface area contributed by atoms with E-state index in [1.54, 1.807) is 48.5 Å². The number of rotatable bonds is 3. The molecule has 3 aromatic carbocycles. The van der Waals surface area contributed by atoms with Crippen molar-refractivity contribution in [3.05, 3.63) is 87.5 Å². The highest BCUT2D eigenvalue weighted by Crippen LogP contribution is 2.39. The van der Waals surface area contributed by atoms with Gasteiger partial charge in [-0.05, 0) is 42.0 Å². The number of halogens is 1. The van der Waals surface area contributed by atoms with Crippen LogP contribution in [0.25, 0.3) is 21.2 Å². The number of carbonyl (C=O) groups is 1. The van der Waals surface area contributed by atoms with Crippen LogP contribution >= 0.6 is 22.9 Å². The Morgan fingerprint density at radius 3 is 2.60 bits per heavy atom. The minimum absolute atomic E-state index is 0.138. The summed E-state index contributed by atoms with van der Waals surface area (Å²) in [6.45, 7) is 0.138. The van der Waals surface area contributed by atoms with Crippen molar-refractivity contribution in [3.8, 4) is 22.6 Å². The summed E-state index contributed by atoms with van der Waals surface area (Å²) < 4.78 is 11.6. The van der Waals surface area contributed by atoms with Crippen LogP contribution in [0, 0.1) is 0 Å². The number of amides is 1. The standard InChI is InChI=1S/C23H14ClNO4S/c24-16-7-3-1-5-14(16)22(27)25-23-20(13-9-10-17-18(11-13)29-12-28-17)21(26)15-6-2-4-8-19(15)30-23/h1-11H,12H2,(H,25,27). The summed E-state index contributed by atoms with van der Waals surface area (Å²) in [5, 5.41) is 4.27. The van der Waals surface area contributed by atoms with Crippen LogP contribution in [0.1, 0.15) is 10.4 Å². The largest absolute Gasteiger partial charge is 0.454 e. The number of fused-ring (bicyclic) bond motifs is 2. The summed E-state index contributed by atoms with van der Waals surface area (Å²) in [5.74, 6) is 0.805. The number of ether oxygens (including phenoxy) is 2. The molecule has 1 aliphatic heterocycles. The quantitative estimate of drug-likeness (QED) is 0.457. The Kier molecular flexibility index (Phi) is 4.65. The summed E-state index contributed by atoms with van der Waals surface area (Å²) in [6, 6.07) is 19.4. The van der Waals surface area contributed by atoms with Gasteiger partial charge in [0, 0.05) is 10.1 Å². The molecule has 0 saturated carbocycles. The van der Waals surface area contributed by atoms with Crippen LogP contribution in [0.2, 0.25) is 5.02 Å². The van der Waals surface area contributed by atoms with Crippen LogP contribution < -0.4 is 20.2 Å². The highest BCUT2D eigenvalue weighted by Gasteiger charge is 2.21. The minimum Gasteiger partial charge on any atom is -0.454 e. The molecule has 4 aromatic rings. The van der Waals surface area contributed by atoms with Gasteiger partial charge < -0.3 is 14.8 Å². The fraction of sp³-hybridized carbons (Fsp3) is 0.0435. The van der Waals surface area contributed by atoms with Crippen molar-refractivity contribution in [2.75, 3.05) is 12.1 Å². The molecule has 7 heteroatoms. The number of hydrogen-bond donors (Lipinski definition) is 1. The zero-order chi connectivity index (χ0) is 20.7. The lowest BCUT2D eigenvalue weighted by Crippen LogP contribution is -2.16. The maximum atomic E-state index is 13.4.